The van der Waals surface area contributed by atoms with Gasteiger partial charge in [-0.05, 0) is 62.6 Å². The molecule has 0 aliphatic carbocycles. The average Bonchev–Trinajstić information content (AvgIpc) is 3.15. The Morgan fingerprint density at radius 1 is 1.44 bits per heavy atom. The number of rotatable bonds is 7. The highest BCUT2D eigenvalue weighted by atomic mass is 35.5. The summed E-state index contributed by atoms with van der Waals surface area (Å²) in [4.78, 5) is 12.3. The smallest absolute Gasteiger partial charge is 0.271 e. The highest BCUT2D eigenvalue weighted by Crippen LogP contribution is 2.23. The molecule has 8 heteroatoms. The molecule has 6 nitrogen and oxygen atoms in total. The molecule has 0 spiro atoms. The summed E-state index contributed by atoms with van der Waals surface area (Å²) < 4.78 is 7.51. The maximum Gasteiger partial charge on any atom is 0.271 e. The summed E-state index contributed by atoms with van der Waals surface area (Å²) in [6, 6.07) is 7.65. The summed E-state index contributed by atoms with van der Waals surface area (Å²) in [5.41, 5.74) is 1.44. The molecule has 1 aliphatic heterocycles. The highest BCUT2D eigenvalue weighted by molar-refractivity contribution is 6.30. The van der Waals surface area contributed by atoms with Crippen molar-refractivity contribution < 1.29 is 9.53 Å². The number of hydrogen-bond acceptors (Lipinski definition) is 4. The lowest BCUT2D eigenvalue weighted by atomic mass is 10.1. The van der Waals surface area contributed by atoms with Gasteiger partial charge in [0.25, 0.3) is 5.91 Å². The topological polar surface area (TPSA) is 68.2 Å². The van der Waals surface area contributed by atoms with Crippen molar-refractivity contribution in [2.75, 3.05) is 26.2 Å². The third kappa shape index (κ3) is 5.86. The van der Waals surface area contributed by atoms with Crippen molar-refractivity contribution in [1.82, 2.24) is 20.4 Å². The van der Waals surface area contributed by atoms with E-state index in [2.05, 4.69) is 15.7 Å². The van der Waals surface area contributed by atoms with Crippen molar-refractivity contribution in [2.45, 2.75) is 32.2 Å². The number of benzene rings is 1. The zero-order valence-electron chi connectivity index (χ0n) is 15.4. The first-order valence-electron chi connectivity index (χ1n) is 9.12. The Hall–Kier alpha value is -1.76. The van der Waals surface area contributed by atoms with Crippen molar-refractivity contribution in [3.8, 4) is 5.75 Å². The average molecular weight is 413 g/mol. The highest BCUT2D eigenvalue weighted by Gasteiger charge is 2.17. The van der Waals surface area contributed by atoms with Crippen LogP contribution >= 0.6 is 24.0 Å². The van der Waals surface area contributed by atoms with Crippen LogP contribution < -0.4 is 15.4 Å². The van der Waals surface area contributed by atoms with E-state index in [9.17, 15) is 4.79 Å². The molecule has 0 bridgehead atoms. The quantitative estimate of drug-likeness (QED) is 0.731. The van der Waals surface area contributed by atoms with E-state index in [1.807, 2.05) is 29.9 Å². The minimum absolute atomic E-state index is 0. The number of hydrogen-bond donors (Lipinski definition) is 2. The number of amides is 1. The van der Waals surface area contributed by atoms with Gasteiger partial charge in [0.2, 0.25) is 0 Å². The molecule has 2 N–H and O–H groups in total. The van der Waals surface area contributed by atoms with Crippen LogP contribution in [0.25, 0.3) is 0 Å². The first-order chi connectivity index (χ1) is 12.7. The van der Waals surface area contributed by atoms with Crippen molar-refractivity contribution >= 4 is 29.9 Å². The van der Waals surface area contributed by atoms with E-state index in [0.717, 1.165) is 37.2 Å². The lowest BCUT2D eigenvalue weighted by Gasteiger charge is -2.22. The van der Waals surface area contributed by atoms with E-state index in [0.29, 0.717) is 36.3 Å². The number of carbonyl (C=O) groups is 1. The molecule has 1 amide bonds. The second kappa shape index (κ2) is 10.5. The molecule has 1 saturated heterocycles. The number of carbonyl (C=O) groups excluding carboxylic acids is 1. The largest absolute Gasteiger partial charge is 0.494 e. The Balaban J connectivity index is 0.00000261. The number of aromatic nitrogens is 2. The van der Waals surface area contributed by atoms with E-state index in [1.54, 1.807) is 12.1 Å². The van der Waals surface area contributed by atoms with Gasteiger partial charge < -0.3 is 15.4 Å². The summed E-state index contributed by atoms with van der Waals surface area (Å²) in [6.45, 7) is 4.99. The van der Waals surface area contributed by atoms with Crippen LogP contribution in [-0.4, -0.2) is 41.9 Å². The molecule has 0 radical (unpaired) electrons. The lowest BCUT2D eigenvalue weighted by Crippen LogP contribution is -2.32. The van der Waals surface area contributed by atoms with Crippen LogP contribution in [0.5, 0.6) is 5.75 Å². The standard InChI is InChI=1S/C19H25ClN4O2.ClH/c1-2-26-18-6-5-15(20)12-14(18)7-10-22-19(25)17-8-11-24(23-17)16-4-3-9-21-13-16;/h5-6,8,11-12,16,21H,2-4,7,9-10,13H2,1H3,(H,22,25);1H. The lowest BCUT2D eigenvalue weighted by molar-refractivity contribution is 0.0947. The van der Waals surface area contributed by atoms with E-state index in [4.69, 9.17) is 16.3 Å². The maximum absolute atomic E-state index is 12.3. The molecule has 1 unspecified atom stereocenters. The van der Waals surface area contributed by atoms with Gasteiger partial charge in [-0.2, -0.15) is 5.10 Å². The zero-order valence-corrected chi connectivity index (χ0v) is 17.0. The molecule has 0 saturated carbocycles. The van der Waals surface area contributed by atoms with Gasteiger partial charge >= 0.3 is 0 Å². The minimum atomic E-state index is -0.160. The van der Waals surface area contributed by atoms with Crippen molar-refractivity contribution in [3.05, 3.63) is 46.7 Å². The first kappa shape index (κ1) is 21.5. The van der Waals surface area contributed by atoms with Crippen molar-refractivity contribution in [2.24, 2.45) is 0 Å². The molecular formula is C19H26Cl2N4O2. The Morgan fingerprint density at radius 2 is 2.30 bits per heavy atom. The Kier molecular flexibility index (Phi) is 8.41. The SMILES string of the molecule is CCOc1ccc(Cl)cc1CCNC(=O)c1ccn(C2CCCNC2)n1.Cl. The van der Waals surface area contributed by atoms with Crippen LogP contribution in [0.1, 0.15) is 41.9 Å². The Morgan fingerprint density at radius 3 is 3.04 bits per heavy atom. The molecule has 2 aromatic rings. The van der Waals surface area contributed by atoms with Crippen LogP contribution in [-0.2, 0) is 6.42 Å². The van der Waals surface area contributed by atoms with Crippen molar-refractivity contribution in [3.63, 3.8) is 0 Å². The van der Waals surface area contributed by atoms with Gasteiger partial charge in [-0.3, -0.25) is 9.48 Å². The summed E-state index contributed by atoms with van der Waals surface area (Å²) in [5.74, 6) is 0.646. The normalized spacial score (nSPS) is 16.4. The Labute approximate surface area is 171 Å². The van der Waals surface area contributed by atoms with Gasteiger partial charge in [-0.25, -0.2) is 0 Å². The summed E-state index contributed by atoms with van der Waals surface area (Å²) in [6.07, 6.45) is 4.75. The third-order valence-corrected chi connectivity index (χ3v) is 4.72. The van der Waals surface area contributed by atoms with E-state index in [1.165, 1.54) is 0 Å². The van der Waals surface area contributed by atoms with Crippen LogP contribution in [0, 0.1) is 0 Å². The predicted octanol–water partition coefficient (Wildman–Crippen LogP) is 3.25. The van der Waals surface area contributed by atoms with Gasteiger partial charge in [-0.1, -0.05) is 11.6 Å². The monoisotopic (exact) mass is 412 g/mol. The molecule has 2 heterocycles. The van der Waals surface area contributed by atoms with Crippen molar-refractivity contribution in [1.29, 1.82) is 0 Å². The number of piperidine rings is 1. The van der Waals surface area contributed by atoms with Crippen LogP contribution in [0.4, 0.5) is 0 Å². The molecule has 1 fully saturated rings. The summed E-state index contributed by atoms with van der Waals surface area (Å²) >= 11 is 6.07. The fourth-order valence-corrected chi connectivity index (χ4v) is 3.36. The summed E-state index contributed by atoms with van der Waals surface area (Å²) in [7, 11) is 0. The predicted molar refractivity (Wildman–Crippen MR) is 109 cm³/mol. The van der Waals surface area contributed by atoms with Crippen LogP contribution in [0.3, 0.4) is 0 Å². The number of halogens is 2. The van der Waals surface area contributed by atoms with Gasteiger partial charge in [0, 0.05) is 24.3 Å². The zero-order chi connectivity index (χ0) is 18.4. The molecule has 1 aliphatic rings. The van der Waals surface area contributed by atoms with Gasteiger partial charge in [-0.15, -0.1) is 12.4 Å². The molecular weight excluding hydrogens is 387 g/mol. The van der Waals surface area contributed by atoms with Crippen LogP contribution in [0.15, 0.2) is 30.5 Å². The first-order valence-corrected chi connectivity index (χ1v) is 9.50. The minimum Gasteiger partial charge on any atom is -0.494 e. The van der Waals surface area contributed by atoms with Gasteiger partial charge in [0.15, 0.2) is 0 Å². The number of nitrogens with zero attached hydrogens (tertiary/aromatic N) is 2. The fourth-order valence-electron chi connectivity index (χ4n) is 3.16. The molecule has 1 aromatic carbocycles. The second-order valence-electron chi connectivity index (χ2n) is 6.37. The van der Waals surface area contributed by atoms with Crippen LogP contribution in [0.2, 0.25) is 5.02 Å². The van der Waals surface area contributed by atoms with E-state index in [-0.39, 0.29) is 18.3 Å². The van der Waals surface area contributed by atoms with E-state index >= 15 is 0 Å². The van der Waals surface area contributed by atoms with Gasteiger partial charge in [0.1, 0.15) is 11.4 Å². The molecule has 3 rings (SSSR count). The molecule has 148 valence electrons. The fraction of sp³-hybridized carbons (Fsp3) is 0.474. The number of nitrogens with one attached hydrogen (secondary N) is 2. The molecule has 1 atom stereocenters. The molecule has 27 heavy (non-hydrogen) atoms. The second-order valence-corrected chi connectivity index (χ2v) is 6.81. The van der Waals surface area contributed by atoms with Gasteiger partial charge in [0.05, 0.1) is 12.6 Å². The maximum atomic E-state index is 12.3. The summed E-state index contributed by atoms with van der Waals surface area (Å²) in [5, 5.41) is 11.4. The van der Waals surface area contributed by atoms with E-state index < -0.39 is 0 Å². The number of ether oxygens (including phenoxy) is 1. The molecule has 1 aromatic heterocycles. The Bertz CT molecular complexity index is 745. The third-order valence-electron chi connectivity index (χ3n) is 4.49.